The number of hydrogen-bond donors (Lipinski definition) is 0. The van der Waals surface area contributed by atoms with Crippen molar-refractivity contribution in [2.75, 3.05) is 13.7 Å². The predicted molar refractivity (Wildman–Crippen MR) is 167 cm³/mol. The van der Waals surface area contributed by atoms with Crippen LogP contribution in [0.2, 0.25) is 0 Å². The number of aldehydes is 1. The van der Waals surface area contributed by atoms with Crippen molar-refractivity contribution in [3.8, 4) is 34.5 Å². The van der Waals surface area contributed by atoms with Gasteiger partial charge in [-0.25, -0.2) is 9.59 Å². The van der Waals surface area contributed by atoms with Gasteiger partial charge in [0.05, 0.1) is 25.5 Å². The summed E-state index contributed by atoms with van der Waals surface area (Å²) in [7, 11) is 1.40. The molecule has 0 fully saturated rings. The Labute approximate surface area is 270 Å². The van der Waals surface area contributed by atoms with Crippen LogP contribution in [0, 0.1) is 0 Å². The number of carbonyl (C=O) groups is 4. The molecule has 12 nitrogen and oxygen atoms in total. The number of unbranched alkanes of at least 4 members (excludes halogenated alkanes) is 3. The Morgan fingerprint density at radius 2 is 1.38 bits per heavy atom. The Balaban J connectivity index is 1.22. The van der Waals surface area contributed by atoms with E-state index >= 15 is 0 Å². The average Bonchev–Trinajstić information content (AvgIpc) is 3.08. The van der Waals surface area contributed by atoms with Gasteiger partial charge in [-0.2, -0.15) is 0 Å². The van der Waals surface area contributed by atoms with Crippen molar-refractivity contribution >= 4 is 35.0 Å². The number of benzene rings is 4. The summed E-state index contributed by atoms with van der Waals surface area (Å²) in [5, 5.41) is 6.40. The lowest BCUT2D eigenvalue weighted by Crippen LogP contribution is -2.09. The molecule has 0 N–H and O–H groups in total. The van der Waals surface area contributed by atoms with Crippen LogP contribution >= 0.6 is 0 Å². The van der Waals surface area contributed by atoms with E-state index in [4.69, 9.17) is 33.8 Å². The highest BCUT2D eigenvalue weighted by atomic mass is 17.5. The van der Waals surface area contributed by atoms with E-state index in [0.29, 0.717) is 30.3 Å². The van der Waals surface area contributed by atoms with Crippen LogP contribution in [0.25, 0.3) is 10.8 Å². The maximum absolute atomic E-state index is 12.8. The summed E-state index contributed by atoms with van der Waals surface area (Å²) in [5.41, 5.74) is 0.209. The normalized spacial score (nSPS) is 10.4. The Morgan fingerprint density at radius 1 is 0.702 bits per heavy atom. The van der Waals surface area contributed by atoms with Gasteiger partial charge in [-0.05, 0) is 90.3 Å². The lowest BCUT2D eigenvalue weighted by molar-refractivity contribution is -0.411. The van der Waals surface area contributed by atoms with Crippen LogP contribution in [-0.2, 0) is 24.2 Å². The summed E-state index contributed by atoms with van der Waals surface area (Å²) in [6.45, 7) is 3.88. The fourth-order valence-corrected chi connectivity index (χ4v) is 4.25. The fourth-order valence-electron chi connectivity index (χ4n) is 4.25. The number of ether oxygens (including phenoxy) is 5. The zero-order chi connectivity index (χ0) is 33.4. The molecule has 0 aliphatic carbocycles. The molecule has 0 saturated carbocycles. The van der Waals surface area contributed by atoms with E-state index in [1.807, 2.05) is 0 Å². The molecule has 4 aromatic carbocycles. The Bertz CT molecular complexity index is 1700. The number of carbonyl (C=O) groups excluding carboxylic acids is 4. The summed E-state index contributed by atoms with van der Waals surface area (Å²) in [6, 6.07) is 20.8. The van der Waals surface area contributed by atoms with Crippen LogP contribution in [0.1, 0.15) is 42.5 Å². The monoisotopic (exact) mass is 644 g/mol. The number of rotatable bonds is 18. The quantitative estimate of drug-likeness (QED) is 0.0171. The predicted octanol–water partition coefficient (Wildman–Crippen LogP) is 6.49. The third-order valence-electron chi connectivity index (χ3n) is 6.54. The highest BCUT2D eigenvalue weighted by molar-refractivity contribution is 6.21. The van der Waals surface area contributed by atoms with Crippen LogP contribution in [-0.4, -0.2) is 37.9 Å². The van der Waals surface area contributed by atoms with Gasteiger partial charge < -0.3 is 23.7 Å². The first-order chi connectivity index (χ1) is 22.9. The van der Waals surface area contributed by atoms with Gasteiger partial charge in [-0.15, -0.1) is 0 Å². The zero-order valence-corrected chi connectivity index (χ0v) is 25.5. The van der Waals surface area contributed by atoms with Crippen molar-refractivity contribution in [2.45, 2.75) is 32.1 Å². The van der Waals surface area contributed by atoms with E-state index in [0.717, 1.165) is 42.7 Å². The minimum Gasteiger partial charge on any atom is -0.494 e. The SMILES string of the molecule is C=COC(=O)CCCCCCOc1ccc(OC(=O)c2ccc(OOOc3ccc4cc(OC(=O)C=O)ccc4c3)c(OC)c2)cc1. The third-order valence-corrected chi connectivity index (χ3v) is 6.54. The number of methoxy groups -OCH3 is 1. The number of fused-ring (bicyclic) bond motifs is 1. The van der Waals surface area contributed by atoms with E-state index < -0.39 is 11.9 Å². The first-order valence-electron chi connectivity index (χ1n) is 14.5. The van der Waals surface area contributed by atoms with E-state index in [1.54, 1.807) is 54.6 Å². The number of hydrogen-bond acceptors (Lipinski definition) is 12. The van der Waals surface area contributed by atoms with Crippen LogP contribution in [0.4, 0.5) is 0 Å². The van der Waals surface area contributed by atoms with Crippen LogP contribution in [0.5, 0.6) is 34.5 Å². The summed E-state index contributed by atoms with van der Waals surface area (Å²) in [4.78, 5) is 56.2. The molecule has 0 atom stereocenters. The fraction of sp³-hybridized carbons (Fsp3) is 0.200. The summed E-state index contributed by atoms with van der Waals surface area (Å²) in [5.74, 6) is -0.0343. The average molecular weight is 645 g/mol. The molecule has 47 heavy (non-hydrogen) atoms. The number of esters is 3. The van der Waals surface area contributed by atoms with Gasteiger partial charge in [0.25, 0.3) is 0 Å². The van der Waals surface area contributed by atoms with Gasteiger partial charge in [-0.1, -0.05) is 31.6 Å². The molecule has 0 bridgehead atoms. The van der Waals surface area contributed by atoms with Crippen molar-refractivity contribution in [1.82, 2.24) is 0 Å². The van der Waals surface area contributed by atoms with E-state index in [-0.39, 0.29) is 35.1 Å². The molecule has 12 heteroatoms. The van der Waals surface area contributed by atoms with Crippen molar-refractivity contribution in [3.05, 3.63) is 97.3 Å². The topological polar surface area (TPSA) is 142 Å². The van der Waals surface area contributed by atoms with Gasteiger partial charge >= 0.3 is 17.9 Å². The maximum atomic E-state index is 12.8. The van der Waals surface area contributed by atoms with Gasteiger partial charge in [-0.3, -0.25) is 19.4 Å². The molecule has 4 aromatic rings. The smallest absolute Gasteiger partial charge is 0.376 e. The van der Waals surface area contributed by atoms with E-state index in [2.05, 4.69) is 11.3 Å². The van der Waals surface area contributed by atoms with Crippen LogP contribution < -0.4 is 28.7 Å². The summed E-state index contributed by atoms with van der Waals surface area (Å²) < 4.78 is 26.1. The highest BCUT2D eigenvalue weighted by Gasteiger charge is 2.15. The molecule has 0 radical (unpaired) electrons. The zero-order valence-electron chi connectivity index (χ0n) is 25.5. The third kappa shape index (κ3) is 10.6. The van der Waals surface area contributed by atoms with E-state index in [1.165, 1.54) is 31.4 Å². The van der Waals surface area contributed by atoms with Crippen molar-refractivity contribution < 1.29 is 57.7 Å². The molecule has 0 aliphatic rings. The van der Waals surface area contributed by atoms with Crippen molar-refractivity contribution in [3.63, 3.8) is 0 Å². The molecule has 0 heterocycles. The van der Waals surface area contributed by atoms with Crippen LogP contribution in [0.3, 0.4) is 0 Å². The molecular formula is C35H32O12. The molecule has 0 aromatic heterocycles. The first-order valence-corrected chi connectivity index (χ1v) is 14.5. The lowest BCUT2D eigenvalue weighted by Gasteiger charge is -2.11. The summed E-state index contributed by atoms with van der Waals surface area (Å²) in [6.07, 6.45) is 4.99. The molecule has 0 spiro atoms. The molecule has 0 unspecified atom stereocenters. The summed E-state index contributed by atoms with van der Waals surface area (Å²) >= 11 is 0. The molecule has 0 amide bonds. The van der Waals surface area contributed by atoms with Crippen LogP contribution in [0.15, 0.2) is 91.7 Å². The molecule has 4 rings (SSSR count). The molecular weight excluding hydrogens is 612 g/mol. The minimum absolute atomic E-state index is 0.0895. The molecule has 244 valence electrons. The largest absolute Gasteiger partial charge is 0.494 e. The Kier molecular flexibility index (Phi) is 12.7. The van der Waals surface area contributed by atoms with Crippen molar-refractivity contribution in [1.29, 1.82) is 0 Å². The van der Waals surface area contributed by atoms with Gasteiger partial charge in [0.2, 0.25) is 12.0 Å². The second kappa shape index (κ2) is 17.6. The van der Waals surface area contributed by atoms with E-state index in [9.17, 15) is 19.2 Å². The van der Waals surface area contributed by atoms with Crippen molar-refractivity contribution in [2.24, 2.45) is 0 Å². The second-order valence-corrected chi connectivity index (χ2v) is 9.84. The highest BCUT2D eigenvalue weighted by Crippen LogP contribution is 2.30. The van der Waals surface area contributed by atoms with Gasteiger partial charge in [0, 0.05) is 11.5 Å². The first kappa shape index (κ1) is 34.0. The second-order valence-electron chi connectivity index (χ2n) is 9.84. The lowest BCUT2D eigenvalue weighted by atomic mass is 10.1. The maximum Gasteiger partial charge on any atom is 0.376 e. The standard InChI is InChI=1S/C35H32O12/c1-3-41-33(37)8-6-4-5-7-19-42-27-14-16-28(17-15-27)44-35(39)26-11-18-31(32(22-26)40-2)46-47-45-30-13-10-24-20-29(43-34(38)23-36)12-9-25(24)21-30/h3,9-18,20-23H,1,4-8,19H2,2H3. The Hall–Kier alpha value is -5.88. The molecule has 0 aliphatic heterocycles. The molecule has 0 saturated heterocycles. The van der Waals surface area contributed by atoms with Gasteiger partial charge in [0.15, 0.2) is 11.5 Å². The minimum atomic E-state index is -0.991. The Morgan fingerprint density at radius 3 is 2.11 bits per heavy atom. The van der Waals surface area contributed by atoms with Gasteiger partial charge in [0.1, 0.15) is 17.2 Å².